The molecule has 0 aromatic heterocycles. The number of ether oxygens (including phenoxy) is 1. The fourth-order valence-corrected chi connectivity index (χ4v) is 3.36. The molecule has 1 aliphatic carbocycles. The lowest BCUT2D eigenvalue weighted by molar-refractivity contribution is -0.170. The van der Waals surface area contributed by atoms with Crippen molar-refractivity contribution in [3.8, 4) is 0 Å². The molecular formula is C17H20O5. The molecular weight excluding hydrogens is 284 g/mol. The molecule has 0 aliphatic heterocycles. The summed E-state index contributed by atoms with van der Waals surface area (Å²) in [5.74, 6) is -3.36. The Balaban J connectivity index is 2.26. The van der Waals surface area contributed by atoms with Crippen molar-refractivity contribution in [3.63, 3.8) is 0 Å². The van der Waals surface area contributed by atoms with Gasteiger partial charge in [-0.3, -0.25) is 14.4 Å². The zero-order chi connectivity index (χ0) is 16.3. The van der Waals surface area contributed by atoms with Crippen LogP contribution in [0.1, 0.15) is 31.7 Å². The fraction of sp³-hybridized carbons (Fsp3) is 0.471. The van der Waals surface area contributed by atoms with Crippen LogP contribution in [0.15, 0.2) is 30.3 Å². The van der Waals surface area contributed by atoms with Crippen molar-refractivity contribution in [1.29, 1.82) is 0 Å². The molecule has 1 saturated carbocycles. The summed E-state index contributed by atoms with van der Waals surface area (Å²) in [5, 5.41) is 9.48. The molecule has 4 atom stereocenters. The maximum atomic E-state index is 12.3. The van der Waals surface area contributed by atoms with Crippen molar-refractivity contribution in [2.75, 3.05) is 6.61 Å². The highest BCUT2D eigenvalue weighted by Crippen LogP contribution is 2.54. The lowest BCUT2D eigenvalue weighted by Crippen LogP contribution is -2.52. The maximum Gasteiger partial charge on any atom is 0.310 e. The topological polar surface area (TPSA) is 80.7 Å². The number of aliphatic carboxylic acids is 1. The van der Waals surface area contributed by atoms with Crippen molar-refractivity contribution >= 4 is 17.7 Å². The molecule has 0 radical (unpaired) electrons. The van der Waals surface area contributed by atoms with Gasteiger partial charge in [-0.05, 0) is 18.4 Å². The predicted octanol–water partition coefficient (Wildman–Crippen LogP) is 2.26. The average molecular weight is 304 g/mol. The van der Waals surface area contributed by atoms with Crippen LogP contribution in [0.2, 0.25) is 0 Å². The Morgan fingerprint density at radius 2 is 1.77 bits per heavy atom. The molecule has 1 aromatic carbocycles. The Bertz CT molecular complexity index is 566. The van der Waals surface area contributed by atoms with Gasteiger partial charge in [-0.15, -0.1) is 0 Å². The number of esters is 1. The number of benzene rings is 1. The van der Waals surface area contributed by atoms with E-state index in [-0.39, 0.29) is 18.3 Å². The fourth-order valence-electron chi connectivity index (χ4n) is 3.36. The van der Waals surface area contributed by atoms with Crippen LogP contribution in [0.5, 0.6) is 0 Å². The first kappa shape index (κ1) is 16.2. The Kier molecular flexibility index (Phi) is 4.96. The van der Waals surface area contributed by atoms with E-state index in [0.29, 0.717) is 6.42 Å². The second-order valence-electron chi connectivity index (χ2n) is 5.71. The van der Waals surface area contributed by atoms with E-state index in [2.05, 4.69) is 0 Å². The molecule has 0 unspecified atom stereocenters. The minimum atomic E-state index is -0.892. The maximum absolute atomic E-state index is 12.3. The highest BCUT2D eigenvalue weighted by atomic mass is 16.5. The largest absolute Gasteiger partial charge is 0.481 e. The van der Waals surface area contributed by atoms with E-state index in [9.17, 15) is 19.5 Å². The summed E-state index contributed by atoms with van der Waals surface area (Å²) in [6.45, 7) is 2.96. The number of hydrogen-bond acceptors (Lipinski definition) is 4. The van der Waals surface area contributed by atoms with Crippen molar-refractivity contribution in [1.82, 2.24) is 0 Å². The standard InChI is InChI=1S/C17H20O5/c1-3-12-14(16(19)20)13(11-7-5-4-6-8-11)15(12)17(21)22-9-10(2)18/h4-8,12-15H,3,9H2,1-2H3,(H,19,20)/t12-,13-,14+,15-/m1/s1. The molecule has 1 aliphatic rings. The molecule has 0 bridgehead atoms. The van der Waals surface area contributed by atoms with E-state index in [1.807, 2.05) is 37.3 Å². The van der Waals surface area contributed by atoms with Crippen LogP contribution < -0.4 is 0 Å². The van der Waals surface area contributed by atoms with Gasteiger partial charge in [0.15, 0.2) is 5.78 Å². The normalized spacial score (nSPS) is 26.8. The molecule has 5 heteroatoms. The van der Waals surface area contributed by atoms with E-state index in [1.165, 1.54) is 6.92 Å². The summed E-state index contributed by atoms with van der Waals surface area (Å²) in [6, 6.07) is 9.16. The first-order chi connectivity index (χ1) is 10.5. The molecule has 0 amide bonds. The van der Waals surface area contributed by atoms with Crippen LogP contribution in [0.4, 0.5) is 0 Å². The number of carboxylic acids is 1. The molecule has 0 saturated heterocycles. The van der Waals surface area contributed by atoms with Gasteiger partial charge < -0.3 is 9.84 Å². The molecule has 22 heavy (non-hydrogen) atoms. The van der Waals surface area contributed by atoms with E-state index < -0.39 is 29.7 Å². The lowest BCUT2D eigenvalue weighted by Gasteiger charge is -2.48. The minimum absolute atomic E-state index is 0.230. The van der Waals surface area contributed by atoms with E-state index >= 15 is 0 Å². The van der Waals surface area contributed by atoms with Crippen molar-refractivity contribution < 1.29 is 24.2 Å². The summed E-state index contributed by atoms with van der Waals surface area (Å²) in [6.07, 6.45) is 0.583. The molecule has 0 spiro atoms. The van der Waals surface area contributed by atoms with Crippen LogP contribution >= 0.6 is 0 Å². The van der Waals surface area contributed by atoms with Crippen molar-refractivity contribution in [2.24, 2.45) is 17.8 Å². The van der Waals surface area contributed by atoms with Gasteiger partial charge in [-0.25, -0.2) is 0 Å². The van der Waals surface area contributed by atoms with Gasteiger partial charge in [0.1, 0.15) is 6.61 Å². The monoisotopic (exact) mass is 304 g/mol. The zero-order valence-electron chi connectivity index (χ0n) is 12.7. The van der Waals surface area contributed by atoms with Gasteiger partial charge in [0.25, 0.3) is 0 Å². The molecule has 1 N–H and O–H groups in total. The molecule has 0 heterocycles. The number of hydrogen-bond donors (Lipinski definition) is 1. The van der Waals surface area contributed by atoms with Gasteiger partial charge in [0.2, 0.25) is 0 Å². The van der Waals surface area contributed by atoms with Gasteiger partial charge in [0.05, 0.1) is 11.8 Å². The second kappa shape index (κ2) is 6.73. The quantitative estimate of drug-likeness (QED) is 0.815. The Morgan fingerprint density at radius 3 is 2.27 bits per heavy atom. The average Bonchev–Trinajstić information content (AvgIpc) is 2.45. The third kappa shape index (κ3) is 3.03. The Hall–Kier alpha value is -2.17. The summed E-state index contributed by atoms with van der Waals surface area (Å²) in [4.78, 5) is 34.8. The third-order valence-corrected chi connectivity index (χ3v) is 4.33. The zero-order valence-corrected chi connectivity index (χ0v) is 12.7. The molecule has 1 aromatic rings. The third-order valence-electron chi connectivity index (χ3n) is 4.33. The van der Waals surface area contributed by atoms with Gasteiger partial charge in [0, 0.05) is 5.92 Å². The summed E-state index contributed by atoms with van der Waals surface area (Å²) in [7, 11) is 0. The van der Waals surface area contributed by atoms with Crippen LogP contribution in [0.25, 0.3) is 0 Å². The lowest BCUT2D eigenvalue weighted by atomic mass is 9.53. The smallest absolute Gasteiger partial charge is 0.310 e. The van der Waals surface area contributed by atoms with E-state index in [4.69, 9.17) is 4.74 Å². The van der Waals surface area contributed by atoms with Gasteiger partial charge in [-0.1, -0.05) is 43.7 Å². The SMILES string of the molecule is CC[C@H]1[C@@H](C(=O)OCC(C)=O)[C@H](c2ccccc2)[C@H]1C(=O)O. The van der Waals surface area contributed by atoms with Crippen LogP contribution in [0.3, 0.4) is 0 Å². The van der Waals surface area contributed by atoms with Crippen molar-refractivity contribution in [3.05, 3.63) is 35.9 Å². The number of carboxylic acid groups (broad SMARTS) is 1. The molecule has 118 valence electrons. The second-order valence-corrected chi connectivity index (χ2v) is 5.71. The highest BCUT2D eigenvalue weighted by Gasteiger charge is 2.57. The predicted molar refractivity (Wildman–Crippen MR) is 79.2 cm³/mol. The molecule has 2 rings (SSSR count). The number of carbonyl (C=O) groups is 3. The van der Waals surface area contributed by atoms with Crippen LogP contribution in [-0.4, -0.2) is 29.4 Å². The molecule has 5 nitrogen and oxygen atoms in total. The number of Topliss-reactive ketones (excluding diaryl/α,β-unsaturated/α-hetero) is 1. The van der Waals surface area contributed by atoms with Gasteiger partial charge in [-0.2, -0.15) is 0 Å². The summed E-state index contributed by atoms with van der Waals surface area (Å²) < 4.78 is 5.04. The number of carbonyl (C=O) groups excluding carboxylic acids is 2. The Labute approximate surface area is 129 Å². The minimum Gasteiger partial charge on any atom is -0.481 e. The molecule has 1 fully saturated rings. The van der Waals surface area contributed by atoms with Gasteiger partial charge >= 0.3 is 11.9 Å². The van der Waals surface area contributed by atoms with E-state index in [1.54, 1.807) is 0 Å². The first-order valence-electron chi connectivity index (χ1n) is 7.41. The summed E-state index contributed by atoms with van der Waals surface area (Å²) in [5.41, 5.74) is 0.823. The van der Waals surface area contributed by atoms with Crippen LogP contribution in [0, 0.1) is 17.8 Å². The first-order valence-corrected chi connectivity index (χ1v) is 7.41. The van der Waals surface area contributed by atoms with Crippen molar-refractivity contribution in [2.45, 2.75) is 26.2 Å². The van der Waals surface area contributed by atoms with E-state index in [0.717, 1.165) is 5.56 Å². The highest BCUT2D eigenvalue weighted by molar-refractivity contribution is 5.85. The number of ketones is 1. The number of rotatable bonds is 6. The summed E-state index contributed by atoms with van der Waals surface area (Å²) >= 11 is 0. The van der Waals surface area contributed by atoms with Crippen LogP contribution in [-0.2, 0) is 19.1 Å². The Morgan fingerprint density at radius 1 is 1.14 bits per heavy atom.